The maximum Gasteiger partial charge on any atom is 0.183 e. The third kappa shape index (κ3) is 4.84. The van der Waals surface area contributed by atoms with Gasteiger partial charge in [-0.2, -0.15) is 0 Å². The van der Waals surface area contributed by atoms with Gasteiger partial charge in [0.15, 0.2) is 5.13 Å². The molecule has 2 aromatic rings. The van der Waals surface area contributed by atoms with E-state index in [9.17, 15) is 0 Å². The average Bonchev–Trinajstić information content (AvgIpc) is 2.87. The zero-order valence-corrected chi connectivity index (χ0v) is 15.0. The van der Waals surface area contributed by atoms with E-state index in [2.05, 4.69) is 63.3 Å². The van der Waals surface area contributed by atoms with Gasteiger partial charge in [0.1, 0.15) is 0 Å². The second-order valence-corrected chi connectivity index (χ2v) is 7.51. The summed E-state index contributed by atoms with van der Waals surface area (Å²) >= 11 is 1.84. The van der Waals surface area contributed by atoms with Crippen LogP contribution in [0.5, 0.6) is 0 Å². The number of hydrogen-bond donors (Lipinski definition) is 1. The number of rotatable bonds is 8. The van der Waals surface area contributed by atoms with Crippen molar-refractivity contribution in [1.29, 1.82) is 0 Å². The SMILES string of the molecule is CCCc1nc(NCC(C)c2ccccc2)sc1CC(C)C. The summed E-state index contributed by atoms with van der Waals surface area (Å²) in [4.78, 5) is 6.29. The van der Waals surface area contributed by atoms with Gasteiger partial charge in [-0.3, -0.25) is 0 Å². The van der Waals surface area contributed by atoms with Crippen LogP contribution in [0.1, 0.15) is 56.2 Å². The van der Waals surface area contributed by atoms with Crippen LogP contribution in [-0.2, 0) is 12.8 Å². The first-order valence-electron chi connectivity index (χ1n) is 8.37. The molecule has 0 saturated heterocycles. The molecule has 2 rings (SSSR count). The topological polar surface area (TPSA) is 24.9 Å². The fraction of sp³-hybridized carbons (Fsp3) is 0.526. The fourth-order valence-corrected chi connectivity index (χ4v) is 3.79. The lowest BCUT2D eigenvalue weighted by molar-refractivity contribution is 0.647. The van der Waals surface area contributed by atoms with E-state index in [0.717, 1.165) is 30.9 Å². The highest BCUT2D eigenvalue weighted by atomic mass is 32.1. The molecular weight excluding hydrogens is 288 g/mol. The van der Waals surface area contributed by atoms with Crippen molar-refractivity contribution in [3.8, 4) is 0 Å². The summed E-state index contributed by atoms with van der Waals surface area (Å²) in [5.74, 6) is 1.18. The molecule has 3 heteroatoms. The number of hydrogen-bond acceptors (Lipinski definition) is 3. The molecule has 0 aliphatic carbocycles. The van der Waals surface area contributed by atoms with Gasteiger partial charge in [0.25, 0.3) is 0 Å². The summed E-state index contributed by atoms with van der Waals surface area (Å²) < 4.78 is 0. The maximum atomic E-state index is 4.83. The normalized spacial score (nSPS) is 12.6. The number of benzene rings is 1. The second kappa shape index (κ2) is 8.33. The van der Waals surface area contributed by atoms with Crippen molar-refractivity contribution in [3.05, 3.63) is 46.5 Å². The number of nitrogens with zero attached hydrogens (tertiary/aromatic N) is 1. The lowest BCUT2D eigenvalue weighted by atomic mass is 10.0. The molecular formula is C19H28N2S. The molecule has 1 atom stereocenters. The Balaban J connectivity index is 2.00. The van der Waals surface area contributed by atoms with Crippen molar-refractivity contribution in [2.45, 2.75) is 52.9 Å². The van der Waals surface area contributed by atoms with Gasteiger partial charge in [-0.1, -0.05) is 64.4 Å². The molecule has 1 aromatic heterocycles. The fourth-order valence-electron chi connectivity index (χ4n) is 2.56. The summed E-state index contributed by atoms with van der Waals surface area (Å²) in [6.07, 6.45) is 3.39. The minimum atomic E-state index is 0.494. The molecule has 0 spiro atoms. The van der Waals surface area contributed by atoms with E-state index in [1.165, 1.54) is 16.1 Å². The Kier molecular flexibility index (Phi) is 6.44. The van der Waals surface area contributed by atoms with Gasteiger partial charge in [-0.15, -0.1) is 11.3 Å². The summed E-state index contributed by atoms with van der Waals surface area (Å²) in [5.41, 5.74) is 2.68. The first-order valence-corrected chi connectivity index (χ1v) is 9.19. The molecule has 120 valence electrons. The van der Waals surface area contributed by atoms with E-state index >= 15 is 0 Å². The smallest absolute Gasteiger partial charge is 0.183 e. The molecule has 0 fully saturated rings. The molecule has 0 radical (unpaired) electrons. The Morgan fingerprint density at radius 2 is 1.86 bits per heavy atom. The third-order valence-corrected chi connectivity index (χ3v) is 4.86. The zero-order valence-electron chi connectivity index (χ0n) is 14.2. The molecule has 0 amide bonds. The van der Waals surface area contributed by atoms with E-state index in [1.807, 2.05) is 11.3 Å². The predicted molar refractivity (Wildman–Crippen MR) is 98.0 cm³/mol. The van der Waals surface area contributed by atoms with Crippen molar-refractivity contribution in [2.24, 2.45) is 5.92 Å². The third-order valence-electron chi connectivity index (χ3n) is 3.79. The van der Waals surface area contributed by atoms with Gasteiger partial charge in [-0.25, -0.2) is 4.98 Å². The van der Waals surface area contributed by atoms with Crippen LogP contribution in [0.4, 0.5) is 5.13 Å². The minimum absolute atomic E-state index is 0.494. The van der Waals surface area contributed by atoms with Crippen molar-refractivity contribution in [1.82, 2.24) is 4.98 Å². The maximum absolute atomic E-state index is 4.83. The van der Waals surface area contributed by atoms with Gasteiger partial charge >= 0.3 is 0 Å². The highest BCUT2D eigenvalue weighted by molar-refractivity contribution is 7.15. The Bertz CT molecular complexity index is 560. The van der Waals surface area contributed by atoms with E-state index in [1.54, 1.807) is 0 Å². The van der Waals surface area contributed by atoms with Gasteiger partial charge in [-0.05, 0) is 30.2 Å². The molecule has 1 unspecified atom stereocenters. The van der Waals surface area contributed by atoms with Crippen LogP contribution in [0.15, 0.2) is 30.3 Å². The summed E-state index contributed by atoms with van der Waals surface area (Å²) in [5, 5.41) is 4.63. The highest BCUT2D eigenvalue weighted by Gasteiger charge is 2.13. The van der Waals surface area contributed by atoms with Crippen LogP contribution in [0, 0.1) is 5.92 Å². The highest BCUT2D eigenvalue weighted by Crippen LogP contribution is 2.27. The van der Waals surface area contributed by atoms with E-state index in [4.69, 9.17) is 4.98 Å². The first kappa shape index (κ1) is 17.0. The molecule has 0 bridgehead atoms. The van der Waals surface area contributed by atoms with Gasteiger partial charge in [0, 0.05) is 11.4 Å². The van der Waals surface area contributed by atoms with Crippen molar-refractivity contribution >= 4 is 16.5 Å². The molecule has 22 heavy (non-hydrogen) atoms. The Labute approximate surface area is 139 Å². The van der Waals surface area contributed by atoms with Crippen LogP contribution in [0.3, 0.4) is 0 Å². The van der Waals surface area contributed by atoms with Crippen LogP contribution in [0.25, 0.3) is 0 Å². The van der Waals surface area contributed by atoms with Gasteiger partial charge in [0.05, 0.1) is 5.69 Å². The Morgan fingerprint density at radius 3 is 2.50 bits per heavy atom. The number of aryl methyl sites for hydroxylation is 1. The van der Waals surface area contributed by atoms with Crippen molar-refractivity contribution in [2.75, 3.05) is 11.9 Å². The summed E-state index contributed by atoms with van der Waals surface area (Å²) in [6.45, 7) is 9.98. The molecule has 0 aliphatic rings. The molecule has 1 aromatic carbocycles. The Hall–Kier alpha value is -1.35. The van der Waals surface area contributed by atoms with Crippen LogP contribution in [0.2, 0.25) is 0 Å². The molecule has 1 N–H and O–H groups in total. The van der Waals surface area contributed by atoms with Crippen molar-refractivity contribution in [3.63, 3.8) is 0 Å². The quantitative estimate of drug-likeness (QED) is 0.694. The monoisotopic (exact) mass is 316 g/mol. The van der Waals surface area contributed by atoms with E-state index < -0.39 is 0 Å². The average molecular weight is 317 g/mol. The lowest BCUT2D eigenvalue weighted by Gasteiger charge is -2.12. The lowest BCUT2D eigenvalue weighted by Crippen LogP contribution is -2.09. The standard InChI is InChI=1S/C19H28N2S/c1-5-9-17-18(12-14(2)3)22-19(21-17)20-13-15(4)16-10-7-6-8-11-16/h6-8,10-11,14-15H,5,9,12-13H2,1-4H3,(H,20,21). The van der Waals surface area contributed by atoms with Crippen LogP contribution in [-0.4, -0.2) is 11.5 Å². The summed E-state index contributed by atoms with van der Waals surface area (Å²) in [6, 6.07) is 10.7. The van der Waals surface area contributed by atoms with Gasteiger partial charge in [0.2, 0.25) is 0 Å². The number of nitrogens with one attached hydrogen (secondary N) is 1. The van der Waals surface area contributed by atoms with Crippen molar-refractivity contribution < 1.29 is 0 Å². The minimum Gasteiger partial charge on any atom is -0.361 e. The summed E-state index contributed by atoms with van der Waals surface area (Å²) in [7, 11) is 0. The molecule has 0 aliphatic heterocycles. The number of anilines is 1. The first-order chi connectivity index (χ1) is 10.6. The second-order valence-electron chi connectivity index (χ2n) is 6.43. The zero-order chi connectivity index (χ0) is 15.9. The largest absolute Gasteiger partial charge is 0.361 e. The van der Waals surface area contributed by atoms with Crippen LogP contribution >= 0.6 is 11.3 Å². The van der Waals surface area contributed by atoms with E-state index in [0.29, 0.717) is 11.8 Å². The Morgan fingerprint density at radius 1 is 1.14 bits per heavy atom. The number of aromatic nitrogens is 1. The number of thiazole rings is 1. The molecule has 0 saturated carbocycles. The van der Waals surface area contributed by atoms with Crippen LogP contribution < -0.4 is 5.32 Å². The molecule has 2 nitrogen and oxygen atoms in total. The predicted octanol–water partition coefficient (Wildman–Crippen LogP) is 5.51. The molecule has 1 heterocycles. The van der Waals surface area contributed by atoms with Gasteiger partial charge < -0.3 is 5.32 Å². The van der Waals surface area contributed by atoms with E-state index in [-0.39, 0.29) is 0 Å².